The molecule has 1 aliphatic carbocycles. The number of amides is 5. The van der Waals surface area contributed by atoms with Crippen molar-refractivity contribution in [3.05, 3.63) is 120 Å². The number of aryl methyl sites for hydroxylation is 1. The van der Waals surface area contributed by atoms with Crippen LogP contribution in [0.5, 0.6) is 17.2 Å². The zero-order valence-corrected chi connectivity index (χ0v) is 39.5. The van der Waals surface area contributed by atoms with Gasteiger partial charge in [-0.1, -0.05) is 45.0 Å². The lowest BCUT2D eigenvalue weighted by Crippen LogP contribution is -2.58. The highest BCUT2D eigenvalue weighted by Crippen LogP contribution is 2.48. The molecule has 3 atom stereocenters. The van der Waals surface area contributed by atoms with Crippen molar-refractivity contribution in [2.75, 3.05) is 36.1 Å². The zero-order chi connectivity index (χ0) is 49.0. The molecule has 1 saturated heterocycles. The smallest absolute Gasteiger partial charge is 0.246 e. The van der Waals surface area contributed by atoms with E-state index in [1.165, 1.54) is 36.3 Å². The number of carbonyl (C=O) groups excluding carboxylic acids is 5. The number of methoxy groups -OCH3 is 1. The second-order valence-electron chi connectivity index (χ2n) is 18.3. The molecule has 2 aromatic heterocycles. The van der Waals surface area contributed by atoms with Gasteiger partial charge in [-0.2, -0.15) is 0 Å². The largest absolute Gasteiger partial charge is 0.495 e. The summed E-state index contributed by atoms with van der Waals surface area (Å²) in [5, 5.41) is 25.7. The number of hydrogen-bond donors (Lipinski definition) is 6. The third kappa shape index (κ3) is 11.0. The summed E-state index contributed by atoms with van der Waals surface area (Å²) >= 11 is 1.56. The summed E-state index contributed by atoms with van der Waals surface area (Å²) in [5.74, 6) is -1.40. The molecular weight excluding hydrogens is 904 g/mol. The first-order valence-electron chi connectivity index (χ1n) is 22.4. The predicted molar refractivity (Wildman–Crippen MR) is 260 cm³/mol. The maximum absolute atomic E-state index is 14.2. The van der Waals surface area contributed by atoms with Crippen molar-refractivity contribution in [2.24, 2.45) is 10.8 Å². The Bertz CT molecular complexity index is 2880. The quantitative estimate of drug-likeness (QED) is 0.0535. The van der Waals surface area contributed by atoms with E-state index in [1.807, 2.05) is 52.0 Å². The van der Waals surface area contributed by atoms with E-state index in [-0.39, 0.29) is 26.1 Å². The van der Waals surface area contributed by atoms with Gasteiger partial charge < -0.3 is 46.1 Å². The van der Waals surface area contributed by atoms with E-state index < -0.39 is 64.4 Å². The molecule has 18 heteroatoms. The number of ether oxygens (including phenoxy) is 2. The lowest BCUT2D eigenvalue weighted by atomic mass is 9.85. The van der Waals surface area contributed by atoms with Crippen LogP contribution in [-0.4, -0.2) is 87.9 Å². The second kappa shape index (κ2) is 20.0. The highest BCUT2D eigenvalue weighted by molar-refractivity contribution is 7.13. The number of aliphatic hydroxyl groups is 1. The molecule has 3 heterocycles. The molecule has 69 heavy (non-hydrogen) atoms. The van der Waals surface area contributed by atoms with Crippen LogP contribution >= 0.6 is 11.3 Å². The fourth-order valence-corrected chi connectivity index (χ4v) is 8.97. The van der Waals surface area contributed by atoms with Crippen LogP contribution in [0, 0.1) is 23.6 Å². The molecule has 358 valence electrons. The molecule has 4 aromatic carbocycles. The lowest BCUT2D eigenvalue weighted by Gasteiger charge is -2.35. The van der Waals surface area contributed by atoms with E-state index in [0.29, 0.717) is 58.1 Å². The van der Waals surface area contributed by atoms with Crippen LogP contribution in [0.3, 0.4) is 0 Å². The van der Waals surface area contributed by atoms with Crippen LogP contribution in [-0.2, 0) is 30.5 Å². The molecule has 2 aliphatic rings. The molecule has 2 fully saturated rings. The molecule has 0 spiro atoms. The Morgan fingerprint density at radius 1 is 0.899 bits per heavy atom. The minimum absolute atomic E-state index is 0.0547. The predicted octanol–water partition coefficient (Wildman–Crippen LogP) is 7.19. The molecule has 0 radical (unpaired) electrons. The van der Waals surface area contributed by atoms with Gasteiger partial charge in [-0.05, 0) is 103 Å². The van der Waals surface area contributed by atoms with Gasteiger partial charge in [0.25, 0.3) is 0 Å². The van der Waals surface area contributed by atoms with E-state index >= 15 is 0 Å². The third-order valence-corrected chi connectivity index (χ3v) is 13.2. The fourth-order valence-electron chi connectivity index (χ4n) is 8.16. The lowest BCUT2D eigenvalue weighted by molar-refractivity contribution is -0.143. The van der Waals surface area contributed by atoms with Gasteiger partial charge in [0.1, 0.15) is 40.6 Å². The van der Waals surface area contributed by atoms with Crippen molar-refractivity contribution in [2.45, 2.75) is 71.7 Å². The summed E-state index contributed by atoms with van der Waals surface area (Å²) in [7, 11) is 1.49. The summed E-state index contributed by atoms with van der Waals surface area (Å²) in [6.45, 7) is 7.34. The van der Waals surface area contributed by atoms with E-state index in [0.717, 1.165) is 21.7 Å². The molecule has 0 unspecified atom stereocenters. The van der Waals surface area contributed by atoms with Crippen LogP contribution in [0.2, 0.25) is 0 Å². The van der Waals surface area contributed by atoms with E-state index in [9.17, 15) is 33.5 Å². The number of likely N-dealkylation sites (tertiary alicyclic amines) is 1. The monoisotopic (exact) mass is 956 g/mol. The average Bonchev–Trinajstić information content (AvgIpc) is 3.90. The number of benzene rings is 4. The van der Waals surface area contributed by atoms with E-state index in [4.69, 9.17) is 9.47 Å². The normalized spacial score (nSPS) is 16.5. The maximum Gasteiger partial charge on any atom is 0.246 e. The number of nitrogens with zero attached hydrogens (tertiary/aromatic N) is 3. The molecule has 1 saturated carbocycles. The molecule has 8 rings (SSSR count). The van der Waals surface area contributed by atoms with Gasteiger partial charge in [0, 0.05) is 42.5 Å². The maximum atomic E-state index is 14.2. The Hall–Kier alpha value is -7.44. The van der Waals surface area contributed by atoms with Gasteiger partial charge in [0.15, 0.2) is 0 Å². The van der Waals surface area contributed by atoms with Crippen LogP contribution in [0.25, 0.3) is 21.3 Å². The van der Waals surface area contributed by atoms with Crippen LogP contribution in [0.15, 0.2) is 103 Å². The zero-order valence-electron chi connectivity index (χ0n) is 38.7. The minimum atomic E-state index is -1.22. The molecule has 0 bridgehead atoms. The Labute approximate surface area is 402 Å². The Kier molecular flexibility index (Phi) is 13.9. The SMILES string of the molecule is COc1cc2c(Oc3ccc(NC(=O)C4(C(=O)Nc5ccc(F)cc5)CC4)cc3)ccnc2cc1NCC(=O)N[C@H](C(=O)N1C[C@H](O)C[C@H]1C(=O)NCc1ccc(-c2scnc2C)cc1)C(C)(C)C. The number of fused-ring (bicyclic) bond motifs is 1. The molecular formula is C51H53FN8O8S. The molecule has 16 nitrogen and oxygen atoms in total. The van der Waals surface area contributed by atoms with Crippen molar-refractivity contribution in [3.63, 3.8) is 0 Å². The number of hydrogen-bond acceptors (Lipinski definition) is 12. The number of thiazole rings is 1. The highest BCUT2D eigenvalue weighted by atomic mass is 32.1. The fraction of sp³-hybridized carbons (Fsp3) is 0.314. The van der Waals surface area contributed by atoms with Crippen LogP contribution in [0.1, 0.15) is 51.3 Å². The number of β-amino-alcohol motifs (C(OH)–C–C–N with tert-alkyl or cyclic N) is 1. The van der Waals surface area contributed by atoms with Crippen LogP contribution < -0.4 is 36.1 Å². The van der Waals surface area contributed by atoms with Gasteiger partial charge in [-0.15, -0.1) is 11.3 Å². The average molecular weight is 957 g/mol. The van der Waals surface area contributed by atoms with Gasteiger partial charge >= 0.3 is 0 Å². The van der Waals surface area contributed by atoms with Crippen molar-refractivity contribution in [3.8, 4) is 27.7 Å². The molecule has 6 aromatic rings. The van der Waals surface area contributed by atoms with Crippen molar-refractivity contribution in [1.29, 1.82) is 0 Å². The Balaban J connectivity index is 0.871. The first-order chi connectivity index (χ1) is 33.0. The number of halogens is 1. The van der Waals surface area contributed by atoms with Crippen LogP contribution in [0.4, 0.5) is 21.5 Å². The first kappa shape index (κ1) is 48.0. The topological polar surface area (TPSA) is 213 Å². The van der Waals surface area contributed by atoms with Crippen molar-refractivity contribution >= 4 is 68.8 Å². The van der Waals surface area contributed by atoms with Gasteiger partial charge in [-0.25, -0.2) is 9.37 Å². The van der Waals surface area contributed by atoms with E-state index in [2.05, 4.69) is 36.6 Å². The number of nitrogens with one attached hydrogen (secondary N) is 5. The Morgan fingerprint density at radius 2 is 1.57 bits per heavy atom. The number of aliphatic hydroxyl groups excluding tert-OH is 1. The molecule has 5 amide bonds. The summed E-state index contributed by atoms with van der Waals surface area (Å²) in [6.07, 6.45) is 1.50. The summed E-state index contributed by atoms with van der Waals surface area (Å²) < 4.78 is 25.3. The van der Waals surface area contributed by atoms with Gasteiger partial charge in [0.2, 0.25) is 29.5 Å². The number of anilines is 3. The van der Waals surface area contributed by atoms with Crippen molar-refractivity contribution < 1.29 is 42.9 Å². The van der Waals surface area contributed by atoms with Gasteiger partial charge in [-0.3, -0.25) is 29.0 Å². The van der Waals surface area contributed by atoms with E-state index in [1.54, 1.807) is 65.5 Å². The van der Waals surface area contributed by atoms with Crippen molar-refractivity contribution in [1.82, 2.24) is 25.5 Å². The summed E-state index contributed by atoms with van der Waals surface area (Å²) in [6, 6.07) is 23.0. The van der Waals surface area contributed by atoms with Gasteiger partial charge in [0.05, 0.1) is 47.0 Å². The minimum Gasteiger partial charge on any atom is -0.495 e. The molecule has 6 N–H and O–H groups in total. The first-order valence-corrected chi connectivity index (χ1v) is 23.3. The second-order valence-corrected chi connectivity index (χ2v) is 19.2. The standard InChI is InChI=1S/C51H53FN8O8S/c1-29-44(69-28-56-29)31-8-6-30(7-9-31)25-55-46(63)40-22-35(61)27-60(40)47(64)45(50(2,3)4)59-43(62)26-54-39-24-38-37(23-42(39)67-5)41(18-21-53-38)68-36-16-14-34(15-17-36)58-49(66)51(19-20-51)48(65)57-33-12-10-32(52)11-13-33/h6-18,21,23-24,28,35,40,45,54,61H,19-20,22,25-27H2,1-5H3,(H,55,63)(H,57,65)(H,58,66)(H,59,62)/t35-,40+,45-/m1/s1. The summed E-state index contributed by atoms with van der Waals surface area (Å²) in [5.41, 5.74) is 4.52. The number of pyridine rings is 1. The summed E-state index contributed by atoms with van der Waals surface area (Å²) in [4.78, 5) is 78.9. The number of aromatic nitrogens is 2. The third-order valence-electron chi connectivity index (χ3n) is 12.2. The Morgan fingerprint density at radius 3 is 2.17 bits per heavy atom. The molecule has 1 aliphatic heterocycles. The number of carbonyl (C=O) groups is 5. The number of rotatable bonds is 16. The highest BCUT2D eigenvalue weighted by Gasteiger charge is 2.56.